The first kappa shape index (κ1) is 8.83. The van der Waals surface area contributed by atoms with Crippen molar-refractivity contribution in [3.05, 3.63) is 12.2 Å². The lowest BCUT2D eigenvalue weighted by atomic mass is 10.00. The second-order valence-corrected chi connectivity index (χ2v) is 4.05. The van der Waals surface area contributed by atoms with Crippen LogP contribution in [0.25, 0.3) is 0 Å². The van der Waals surface area contributed by atoms with Crippen LogP contribution in [0.3, 0.4) is 0 Å². The normalized spacial score (nSPS) is 36.5. The van der Waals surface area contributed by atoms with Gasteiger partial charge in [-0.25, -0.2) is 0 Å². The second kappa shape index (κ2) is 3.42. The molecule has 0 bridgehead atoms. The summed E-state index contributed by atoms with van der Waals surface area (Å²) in [6, 6.07) is 0. The van der Waals surface area contributed by atoms with Crippen LogP contribution in [0.5, 0.6) is 0 Å². The predicted molar refractivity (Wildman–Crippen MR) is 50.6 cm³/mol. The molecule has 2 atom stereocenters. The molecule has 2 unspecified atom stereocenters. The number of hydrogen-bond donors (Lipinski definition) is 0. The van der Waals surface area contributed by atoms with Gasteiger partial charge in [-0.3, -0.25) is 0 Å². The van der Waals surface area contributed by atoms with Crippen LogP contribution in [0.2, 0.25) is 0 Å². The summed E-state index contributed by atoms with van der Waals surface area (Å²) < 4.78 is 0. The van der Waals surface area contributed by atoms with Crippen molar-refractivity contribution in [2.24, 2.45) is 11.3 Å². The van der Waals surface area contributed by atoms with E-state index in [0.29, 0.717) is 5.41 Å². The molecule has 0 N–H and O–H groups in total. The van der Waals surface area contributed by atoms with Gasteiger partial charge in [0, 0.05) is 0 Å². The largest absolute Gasteiger partial charge is 0.0885 e. The van der Waals surface area contributed by atoms with E-state index in [-0.39, 0.29) is 0 Å². The molecule has 0 nitrogen and oxygen atoms in total. The SMILES string of the molecule is CCC=CC1CC1(C)CCC. The van der Waals surface area contributed by atoms with Gasteiger partial charge in [-0.05, 0) is 30.6 Å². The first-order valence-electron chi connectivity index (χ1n) is 4.89. The maximum absolute atomic E-state index is 2.42. The molecule has 0 aromatic rings. The summed E-state index contributed by atoms with van der Waals surface area (Å²) in [5.74, 6) is 0.905. The molecule has 0 heterocycles. The summed E-state index contributed by atoms with van der Waals surface area (Å²) >= 11 is 0. The Bertz CT molecular complexity index is 146. The maximum atomic E-state index is 2.42. The molecule has 0 amide bonds. The van der Waals surface area contributed by atoms with Crippen molar-refractivity contribution >= 4 is 0 Å². The average molecular weight is 152 g/mol. The maximum Gasteiger partial charge on any atom is -0.0174 e. The number of hydrogen-bond acceptors (Lipinski definition) is 0. The fraction of sp³-hybridized carbons (Fsp3) is 0.818. The Morgan fingerprint density at radius 1 is 1.45 bits per heavy atom. The summed E-state index contributed by atoms with van der Waals surface area (Å²) in [5.41, 5.74) is 0.681. The molecular weight excluding hydrogens is 132 g/mol. The summed E-state index contributed by atoms with van der Waals surface area (Å²) in [7, 11) is 0. The number of allylic oxidation sites excluding steroid dienone is 2. The third kappa shape index (κ3) is 2.08. The van der Waals surface area contributed by atoms with Crippen LogP contribution in [0.4, 0.5) is 0 Å². The van der Waals surface area contributed by atoms with Crippen LogP contribution in [0.15, 0.2) is 12.2 Å². The van der Waals surface area contributed by atoms with Crippen molar-refractivity contribution in [2.75, 3.05) is 0 Å². The Morgan fingerprint density at radius 3 is 2.73 bits per heavy atom. The molecule has 0 radical (unpaired) electrons. The first-order chi connectivity index (χ1) is 5.23. The lowest BCUT2D eigenvalue weighted by Crippen LogP contribution is -1.94. The molecule has 0 spiro atoms. The fourth-order valence-corrected chi connectivity index (χ4v) is 1.90. The van der Waals surface area contributed by atoms with Gasteiger partial charge in [-0.1, -0.05) is 39.3 Å². The third-order valence-corrected chi connectivity index (χ3v) is 2.85. The van der Waals surface area contributed by atoms with Crippen molar-refractivity contribution in [1.29, 1.82) is 0 Å². The molecule has 1 rings (SSSR count). The summed E-state index contributed by atoms with van der Waals surface area (Å²) in [4.78, 5) is 0. The van der Waals surface area contributed by atoms with Crippen molar-refractivity contribution in [3.63, 3.8) is 0 Å². The Hall–Kier alpha value is -0.260. The molecule has 1 saturated carbocycles. The van der Waals surface area contributed by atoms with Crippen LogP contribution in [0, 0.1) is 11.3 Å². The van der Waals surface area contributed by atoms with E-state index in [9.17, 15) is 0 Å². The molecule has 11 heavy (non-hydrogen) atoms. The van der Waals surface area contributed by atoms with Gasteiger partial charge in [0.05, 0.1) is 0 Å². The lowest BCUT2D eigenvalue weighted by molar-refractivity contribution is 0.482. The molecule has 1 fully saturated rings. The van der Waals surface area contributed by atoms with Crippen LogP contribution in [-0.4, -0.2) is 0 Å². The second-order valence-electron chi connectivity index (χ2n) is 4.05. The van der Waals surface area contributed by atoms with E-state index in [0.717, 1.165) is 5.92 Å². The zero-order chi connectivity index (χ0) is 8.32. The summed E-state index contributed by atoms with van der Waals surface area (Å²) in [6.07, 6.45) is 10.1. The monoisotopic (exact) mass is 152 g/mol. The van der Waals surface area contributed by atoms with E-state index in [1.807, 2.05) is 0 Å². The van der Waals surface area contributed by atoms with Gasteiger partial charge in [0.15, 0.2) is 0 Å². The molecule has 0 aromatic heterocycles. The Balaban J connectivity index is 2.28. The molecule has 64 valence electrons. The van der Waals surface area contributed by atoms with Gasteiger partial charge >= 0.3 is 0 Å². The van der Waals surface area contributed by atoms with Gasteiger partial charge in [-0.15, -0.1) is 0 Å². The van der Waals surface area contributed by atoms with E-state index >= 15 is 0 Å². The van der Waals surface area contributed by atoms with Gasteiger partial charge in [0.2, 0.25) is 0 Å². The number of rotatable bonds is 4. The lowest BCUT2D eigenvalue weighted by Gasteiger charge is -2.05. The van der Waals surface area contributed by atoms with Crippen molar-refractivity contribution in [1.82, 2.24) is 0 Å². The Labute approximate surface area is 70.7 Å². The molecule has 1 aliphatic rings. The molecular formula is C11H20. The van der Waals surface area contributed by atoms with E-state index in [1.54, 1.807) is 0 Å². The molecule has 0 heteroatoms. The highest BCUT2D eigenvalue weighted by Crippen LogP contribution is 2.56. The van der Waals surface area contributed by atoms with Crippen molar-refractivity contribution in [2.45, 2.75) is 46.5 Å². The minimum absolute atomic E-state index is 0.681. The van der Waals surface area contributed by atoms with Gasteiger partial charge < -0.3 is 0 Å². The van der Waals surface area contributed by atoms with Crippen molar-refractivity contribution in [3.8, 4) is 0 Å². The topological polar surface area (TPSA) is 0 Å². The van der Waals surface area contributed by atoms with Crippen molar-refractivity contribution < 1.29 is 0 Å². The zero-order valence-electron chi connectivity index (χ0n) is 8.06. The summed E-state index contributed by atoms with van der Waals surface area (Å²) in [5, 5.41) is 0. The smallest absolute Gasteiger partial charge is 0.0174 e. The van der Waals surface area contributed by atoms with E-state index in [1.165, 1.54) is 25.7 Å². The highest BCUT2D eigenvalue weighted by atomic mass is 14.5. The first-order valence-corrected chi connectivity index (χ1v) is 4.89. The predicted octanol–water partition coefficient (Wildman–Crippen LogP) is 3.78. The highest BCUT2D eigenvalue weighted by molar-refractivity contribution is 5.09. The van der Waals surface area contributed by atoms with E-state index < -0.39 is 0 Å². The van der Waals surface area contributed by atoms with Crippen LogP contribution in [-0.2, 0) is 0 Å². The Kier molecular flexibility index (Phi) is 2.75. The molecule has 0 saturated heterocycles. The summed E-state index contributed by atoms with van der Waals surface area (Å²) in [6.45, 7) is 6.90. The zero-order valence-corrected chi connectivity index (χ0v) is 8.06. The third-order valence-electron chi connectivity index (χ3n) is 2.85. The van der Waals surface area contributed by atoms with Crippen LogP contribution >= 0.6 is 0 Å². The van der Waals surface area contributed by atoms with Crippen LogP contribution in [0.1, 0.15) is 46.5 Å². The molecule has 0 aromatic carbocycles. The van der Waals surface area contributed by atoms with Crippen LogP contribution < -0.4 is 0 Å². The highest BCUT2D eigenvalue weighted by Gasteiger charge is 2.46. The van der Waals surface area contributed by atoms with E-state index in [4.69, 9.17) is 0 Å². The standard InChI is InChI=1S/C11H20/c1-4-6-7-10-9-11(10,3)8-5-2/h6-7,10H,4-5,8-9H2,1-3H3. The quantitative estimate of drug-likeness (QED) is 0.538. The van der Waals surface area contributed by atoms with Gasteiger partial charge in [0.25, 0.3) is 0 Å². The minimum Gasteiger partial charge on any atom is -0.0885 e. The fourth-order valence-electron chi connectivity index (χ4n) is 1.90. The van der Waals surface area contributed by atoms with Gasteiger partial charge in [-0.2, -0.15) is 0 Å². The van der Waals surface area contributed by atoms with E-state index in [2.05, 4.69) is 32.9 Å². The Morgan fingerprint density at radius 2 is 2.18 bits per heavy atom. The minimum atomic E-state index is 0.681. The molecule has 1 aliphatic carbocycles. The van der Waals surface area contributed by atoms with Gasteiger partial charge in [0.1, 0.15) is 0 Å². The average Bonchev–Trinajstić information content (AvgIpc) is 2.58. The molecule has 0 aliphatic heterocycles.